The molecule has 2 aromatic carbocycles. The van der Waals surface area contributed by atoms with Gasteiger partial charge in [-0.1, -0.05) is 11.6 Å². The molecular weight excluding hydrogens is 398 g/mol. The van der Waals surface area contributed by atoms with Gasteiger partial charge < -0.3 is 19.2 Å². The Labute approximate surface area is 173 Å². The Morgan fingerprint density at radius 3 is 2.57 bits per heavy atom. The number of benzene rings is 2. The number of phenols is 1. The number of thioether (sulfide) groups is 1. The van der Waals surface area contributed by atoms with Crippen LogP contribution < -0.4 is 0 Å². The fourth-order valence-corrected chi connectivity index (χ4v) is 3.93. The summed E-state index contributed by atoms with van der Waals surface area (Å²) in [5, 5.41) is 11.7. The Balaban J connectivity index is 2.06. The predicted molar refractivity (Wildman–Crippen MR) is 112 cm³/mol. The number of phenolic OH excluding ortho intramolecular Hbond substituents is 1. The summed E-state index contributed by atoms with van der Waals surface area (Å²) >= 11 is 7.48. The third-order valence-corrected chi connectivity index (χ3v) is 5.41. The van der Waals surface area contributed by atoms with Gasteiger partial charge in [-0.15, -0.1) is 11.8 Å². The molecule has 3 rings (SSSR count). The molecule has 1 N–H and O–H groups in total. The Hall–Kier alpha value is -2.15. The number of rotatable bonds is 7. The van der Waals surface area contributed by atoms with Crippen molar-refractivity contribution in [2.24, 2.45) is 0 Å². The first-order valence-electron chi connectivity index (χ1n) is 8.87. The molecule has 0 unspecified atom stereocenters. The zero-order valence-electron chi connectivity index (χ0n) is 16.0. The summed E-state index contributed by atoms with van der Waals surface area (Å²) in [5.41, 5.74) is 1.59. The standard InChI is InChI=1S/C21H22ClNO4S/c1-4-26-21(25)20-18(12-28-14-7-5-13(22)6-8-14)27-17-10-9-16(24)15(19(17)20)11-23(2)3/h5-10,24H,4,11-12H2,1-3H3. The number of esters is 1. The summed E-state index contributed by atoms with van der Waals surface area (Å²) in [4.78, 5) is 15.7. The van der Waals surface area contributed by atoms with Crippen molar-refractivity contribution < 1.29 is 19.1 Å². The van der Waals surface area contributed by atoms with Crippen LogP contribution in [0, 0.1) is 0 Å². The zero-order chi connectivity index (χ0) is 20.3. The molecule has 1 heterocycles. The molecule has 0 spiro atoms. The van der Waals surface area contributed by atoms with Crippen LogP contribution in [0.5, 0.6) is 5.75 Å². The number of hydrogen-bond acceptors (Lipinski definition) is 6. The van der Waals surface area contributed by atoms with E-state index in [0.717, 1.165) is 4.90 Å². The Morgan fingerprint density at radius 1 is 1.21 bits per heavy atom. The van der Waals surface area contributed by atoms with Gasteiger partial charge in [-0.3, -0.25) is 0 Å². The molecule has 0 fully saturated rings. The van der Waals surface area contributed by atoms with Crippen LogP contribution in [0.4, 0.5) is 0 Å². The highest BCUT2D eigenvalue weighted by Gasteiger charge is 2.26. The first-order valence-corrected chi connectivity index (χ1v) is 10.2. The highest BCUT2D eigenvalue weighted by atomic mass is 35.5. The van der Waals surface area contributed by atoms with Crippen molar-refractivity contribution in [3.05, 3.63) is 58.3 Å². The molecule has 7 heteroatoms. The van der Waals surface area contributed by atoms with E-state index < -0.39 is 5.97 Å². The van der Waals surface area contributed by atoms with E-state index in [0.29, 0.717) is 45.2 Å². The molecule has 0 aliphatic rings. The molecule has 0 atom stereocenters. The lowest BCUT2D eigenvalue weighted by Gasteiger charge is -2.13. The van der Waals surface area contributed by atoms with Crippen molar-refractivity contribution in [1.29, 1.82) is 0 Å². The predicted octanol–water partition coefficient (Wildman–Crippen LogP) is 5.32. The van der Waals surface area contributed by atoms with Crippen molar-refractivity contribution in [3.63, 3.8) is 0 Å². The van der Waals surface area contributed by atoms with Crippen LogP contribution >= 0.6 is 23.4 Å². The maximum Gasteiger partial charge on any atom is 0.342 e. The van der Waals surface area contributed by atoms with Crippen LogP contribution in [0.3, 0.4) is 0 Å². The van der Waals surface area contributed by atoms with Crippen LogP contribution in [0.2, 0.25) is 5.02 Å². The number of nitrogens with zero attached hydrogens (tertiary/aromatic N) is 1. The van der Waals surface area contributed by atoms with Gasteiger partial charge in [0.2, 0.25) is 0 Å². The molecule has 3 aromatic rings. The first kappa shape index (κ1) is 20.6. The average Bonchev–Trinajstić information content (AvgIpc) is 3.02. The van der Waals surface area contributed by atoms with Gasteiger partial charge in [0.15, 0.2) is 0 Å². The Morgan fingerprint density at radius 2 is 1.93 bits per heavy atom. The van der Waals surface area contributed by atoms with Crippen molar-refractivity contribution in [3.8, 4) is 5.75 Å². The van der Waals surface area contributed by atoms with E-state index in [1.54, 1.807) is 19.1 Å². The number of carbonyl (C=O) groups is 1. The fourth-order valence-electron chi connectivity index (χ4n) is 2.97. The molecule has 148 valence electrons. The smallest absolute Gasteiger partial charge is 0.342 e. The molecule has 0 bridgehead atoms. The molecule has 0 saturated heterocycles. The molecule has 28 heavy (non-hydrogen) atoms. The number of ether oxygens (including phenoxy) is 1. The molecule has 0 aliphatic carbocycles. The second-order valence-electron chi connectivity index (χ2n) is 6.54. The number of aromatic hydroxyl groups is 1. The highest BCUT2D eigenvalue weighted by molar-refractivity contribution is 7.98. The lowest BCUT2D eigenvalue weighted by atomic mass is 10.0. The Kier molecular flexibility index (Phi) is 6.54. The average molecular weight is 420 g/mol. The van der Waals surface area contributed by atoms with Crippen molar-refractivity contribution in [2.75, 3.05) is 20.7 Å². The van der Waals surface area contributed by atoms with Crippen LogP contribution in [-0.2, 0) is 17.0 Å². The van der Waals surface area contributed by atoms with E-state index in [1.165, 1.54) is 11.8 Å². The molecule has 0 aliphatic heterocycles. The molecule has 0 radical (unpaired) electrons. The SMILES string of the molecule is CCOC(=O)c1c(CSc2ccc(Cl)cc2)oc2ccc(O)c(CN(C)C)c12. The van der Waals surface area contributed by atoms with Crippen LogP contribution in [-0.4, -0.2) is 36.7 Å². The number of carbonyl (C=O) groups excluding carboxylic acids is 1. The summed E-state index contributed by atoms with van der Waals surface area (Å²) in [6, 6.07) is 10.8. The van der Waals surface area contributed by atoms with E-state index >= 15 is 0 Å². The summed E-state index contributed by atoms with van der Waals surface area (Å²) in [6.07, 6.45) is 0. The topological polar surface area (TPSA) is 62.9 Å². The van der Waals surface area contributed by atoms with E-state index in [-0.39, 0.29) is 12.4 Å². The van der Waals surface area contributed by atoms with Gasteiger partial charge in [-0.25, -0.2) is 4.79 Å². The quantitative estimate of drug-likeness (QED) is 0.413. The number of halogens is 1. The van der Waals surface area contributed by atoms with Crippen LogP contribution in [0.1, 0.15) is 28.6 Å². The maximum atomic E-state index is 12.7. The van der Waals surface area contributed by atoms with E-state index in [1.807, 2.05) is 43.3 Å². The molecule has 5 nitrogen and oxygen atoms in total. The second kappa shape index (κ2) is 8.90. The van der Waals surface area contributed by atoms with Crippen molar-refractivity contribution in [2.45, 2.75) is 24.1 Å². The molecular formula is C21H22ClNO4S. The number of hydrogen-bond donors (Lipinski definition) is 1. The normalized spacial score (nSPS) is 11.3. The summed E-state index contributed by atoms with van der Waals surface area (Å²) in [5.74, 6) is 0.661. The lowest BCUT2D eigenvalue weighted by molar-refractivity contribution is 0.0526. The number of fused-ring (bicyclic) bond motifs is 1. The second-order valence-corrected chi connectivity index (χ2v) is 8.02. The lowest BCUT2D eigenvalue weighted by Crippen LogP contribution is -2.12. The molecule has 0 saturated carbocycles. The zero-order valence-corrected chi connectivity index (χ0v) is 17.6. The van der Waals surface area contributed by atoms with Gasteiger partial charge in [0, 0.05) is 27.4 Å². The van der Waals surface area contributed by atoms with E-state index in [2.05, 4.69) is 0 Å². The third-order valence-electron chi connectivity index (χ3n) is 4.15. The minimum absolute atomic E-state index is 0.129. The van der Waals surface area contributed by atoms with Gasteiger partial charge in [0.05, 0.1) is 12.4 Å². The summed E-state index contributed by atoms with van der Waals surface area (Å²) in [6.45, 7) is 2.50. The Bertz CT molecular complexity index is 982. The van der Waals surface area contributed by atoms with Gasteiger partial charge >= 0.3 is 5.97 Å². The van der Waals surface area contributed by atoms with Gasteiger partial charge in [-0.05, 0) is 57.4 Å². The minimum Gasteiger partial charge on any atom is -0.508 e. The fraction of sp³-hybridized carbons (Fsp3) is 0.286. The van der Waals surface area contributed by atoms with E-state index in [9.17, 15) is 9.90 Å². The summed E-state index contributed by atoms with van der Waals surface area (Å²) in [7, 11) is 3.80. The van der Waals surface area contributed by atoms with E-state index in [4.69, 9.17) is 20.8 Å². The molecule has 1 aromatic heterocycles. The largest absolute Gasteiger partial charge is 0.508 e. The summed E-state index contributed by atoms with van der Waals surface area (Å²) < 4.78 is 11.3. The third kappa shape index (κ3) is 4.46. The van der Waals surface area contributed by atoms with Crippen molar-refractivity contribution >= 4 is 40.3 Å². The first-order chi connectivity index (χ1) is 13.4. The van der Waals surface area contributed by atoms with Crippen molar-refractivity contribution in [1.82, 2.24) is 4.90 Å². The number of furan rings is 1. The monoisotopic (exact) mass is 419 g/mol. The molecule has 0 amide bonds. The minimum atomic E-state index is -0.446. The van der Waals surface area contributed by atoms with Crippen LogP contribution in [0.15, 0.2) is 45.7 Å². The van der Waals surface area contributed by atoms with Gasteiger partial charge in [0.1, 0.15) is 22.7 Å². The van der Waals surface area contributed by atoms with Gasteiger partial charge in [-0.2, -0.15) is 0 Å². The maximum absolute atomic E-state index is 12.7. The van der Waals surface area contributed by atoms with Gasteiger partial charge in [0.25, 0.3) is 0 Å². The highest BCUT2D eigenvalue weighted by Crippen LogP contribution is 2.37. The van der Waals surface area contributed by atoms with Crippen LogP contribution in [0.25, 0.3) is 11.0 Å².